The molecule has 0 aliphatic rings. The highest BCUT2D eigenvalue weighted by Crippen LogP contribution is 2.37. The molecule has 2 N–H and O–H groups in total. The lowest BCUT2D eigenvalue weighted by molar-refractivity contribution is 0.230. The number of methoxy groups -OCH3 is 1. The van der Waals surface area contributed by atoms with Crippen molar-refractivity contribution in [3.05, 3.63) is 22.7 Å². The Morgan fingerprint density at radius 2 is 1.82 bits per heavy atom. The first kappa shape index (κ1) is 14.1. The van der Waals surface area contributed by atoms with Gasteiger partial charge in [0.15, 0.2) is 11.5 Å². The van der Waals surface area contributed by atoms with Crippen LogP contribution in [0, 0.1) is 0 Å². The molecule has 0 amide bonds. The molecular weight excluding hydrogens is 238 g/mol. The van der Waals surface area contributed by atoms with Gasteiger partial charge < -0.3 is 15.2 Å². The van der Waals surface area contributed by atoms with Gasteiger partial charge in [-0.1, -0.05) is 11.6 Å². The Morgan fingerprint density at radius 3 is 2.24 bits per heavy atom. The van der Waals surface area contributed by atoms with Gasteiger partial charge in [0.05, 0.1) is 13.2 Å². The fourth-order valence-electron chi connectivity index (χ4n) is 1.53. The molecule has 0 aromatic heterocycles. The smallest absolute Gasteiger partial charge is 0.163 e. The number of ether oxygens (including phenoxy) is 2. The first-order valence-corrected chi connectivity index (χ1v) is 5.97. The predicted octanol–water partition coefficient (Wildman–Crippen LogP) is 3.33. The van der Waals surface area contributed by atoms with Crippen molar-refractivity contribution in [1.29, 1.82) is 0 Å². The molecule has 1 aromatic carbocycles. The molecule has 0 heterocycles. The van der Waals surface area contributed by atoms with Crippen molar-refractivity contribution in [1.82, 2.24) is 0 Å². The Kier molecular flexibility index (Phi) is 4.28. The summed E-state index contributed by atoms with van der Waals surface area (Å²) >= 11 is 6.21. The fourth-order valence-corrected chi connectivity index (χ4v) is 1.93. The number of hydrogen-bond donors (Lipinski definition) is 1. The molecule has 17 heavy (non-hydrogen) atoms. The Balaban J connectivity index is 3.25. The second-order valence-electron chi connectivity index (χ2n) is 4.87. The average Bonchev–Trinajstić information content (AvgIpc) is 2.14. The maximum absolute atomic E-state index is 6.21. The summed E-state index contributed by atoms with van der Waals surface area (Å²) in [5.41, 5.74) is 6.38. The van der Waals surface area contributed by atoms with Gasteiger partial charge in [0.1, 0.15) is 0 Å². The maximum Gasteiger partial charge on any atom is 0.163 e. The molecule has 4 heteroatoms. The SMILES string of the molecule is COc1cc(C(C)(C)N)c(Cl)cc1OC(C)C. The van der Waals surface area contributed by atoms with Crippen LogP contribution < -0.4 is 15.2 Å². The third-order valence-electron chi connectivity index (χ3n) is 2.31. The van der Waals surface area contributed by atoms with E-state index in [1.807, 2.05) is 33.8 Å². The van der Waals surface area contributed by atoms with Crippen LogP contribution in [-0.4, -0.2) is 13.2 Å². The molecule has 0 unspecified atom stereocenters. The highest BCUT2D eigenvalue weighted by molar-refractivity contribution is 6.31. The molecule has 0 aliphatic carbocycles. The van der Waals surface area contributed by atoms with E-state index in [9.17, 15) is 0 Å². The maximum atomic E-state index is 6.21. The molecule has 96 valence electrons. The third-order valence-corrected chi connectivity index (χ3v) is 2.62. The van der Waals surface area contributed by atoms with Crippen molar-refractivity contribution < 1.29 is 9.47 Å². The number of hydrogen-bond acceptors (Lipinski definition) is 3. The third kappa shape index (κ3) is 3.51. The zero-order valence-corrected chi connectivity index (χ0v) is 11.8. The van der Waals surface area contributed by atoms with E-state index in [4.69, 9.17) is 26.8 Å². The summed E-state index contributed by atoms with van der Waals surface area (Å²) in [5.74, 6) is 1.29. The molecule has 0 atom stereocenters. The van der Waals surface area contributed by atoms with Crippen LogP contribution in [0.2, 0.25) is 5.02 Å². The first-order valence-electron chi connectivity index (χ1n) is 5.59. The molecule has 0 bridgehead atoms. The zero-order valence-electron chi connectivity index (χ0n) is 11.0. The lowest BCUT2D eigenvalue weighted by atomic mass is 9.95. The van der Waals surface area contributed by atoms with Crippen LogP contribution in [-0.2, 0) is 5.54 Å². The van der Waals surface area contributed by atoms with Crippen molar-refractivity contribution in [3.63, 3.8) is 0 Å². The van der Waals surface area contributed by atoms with Gasteiger partial charge in [0, 0.05) is 16.6 Å². The van der Waals surface area contributed by atoms with Crippen molar-refractivity contribution in [2.24, 2.45) is 5.73 Å². The van der Waals surface area contributed by atoms with Crippen molar-refractivity contribution in [2.45, 2.75) is 39.3 Å². The minimum Gasteiger partial charge on any atom is -0.493 e. The minimum absolute atomic E-state index is 0.0664. The lowest BCUT2D eigenvalue weighted by Gasteiger charge is -2.23. The van der Waals surface area contributed by atoms with Crippen molar-refractivity contribution in [3.8, 4) is 11.5 Å². The molecule has 0 fully saturated rings. The van der Waals surface area contributed by atoms with Crippen molar-refractivity contribution in [2.75, 3.05) is 7.11 Å². The Labute approximate surface area is 108 Å². The topological polar surface area (TPSA) is 44.5 Å². The Hall–Kier alpha value is -0.930. The molecule has 0 spiro atoms. The van der Waals surface area contributed by atoms with Crippen LogP contribution >= 0.6 is 11.6 Å². The van der Waals surface area contributed by atoms with Crippen LogP contribution in [0.4, 0.5) is 0 Å². The summed E-state index contributed by atoms with van der Waals surface area (Å²) in [6.45, 7) is 7.70. The lowest BCUT2D eigenvalue weighted by Crippen LogP contribution is -2.29. The summed E-state index contributed by atoms with van der Waals surface area (Å²) in [5, 5.41) is 0.592. The van der Waals surface area contributed by atoms with E-state index >= 15 is 0 Å². The normalized spacial score (nSPS) is 11.8. The van der Waals surface area contributed by atoms with Gasteiger partial charge >= 0.3 is 0 Å². The predicted molar refractivity (Wildman–Crippen MR) is 71.0 cm³/mol. The molecule has 0 saturated heterocycles. The van der Waals surface area contributed by atoms with E-state index in [-0.39, 0.29) is 6.10 Å². The molecule has 3 nitrogen and oxygen atoms in total. The number of nitrogens with two attached hydrogens (primary N) is 1. The summed E-state index contributed by atoms with van der Waals surface area (Å²) in [7, 11) is 1.60. The van der Waals surface area contributed by atoms with E-state index in [0.29, 0.717) is 16.5 Å². The molecule has 0 saturated carbocycles. The second-order valence-corrected chi connectivity index (χ2v) is 5.28. The Morgan fingerprint density at radius 1 is 1.24 bits per heavy atom. The summed E-state index contributed by atoms with van der Waals surface area (Å²) < 4.78 is 10.9. The van der Waals surface area contributed by atoms with E-state index in [1.165, 1.54) is 0 Å². The molecular formula is C13H20ClNO2. The summed E-state index contributed by atoms with van der Waals surface area (Å²) in [4.78, 5) is 0. The quantitative estimate of drug-likeness (QED) is 0.900. The monoisotopic (exact) mass is 257 g/mol. The van der Waals surface area contributed by atoms with Crippen LogP contribution in [0.1, 0.15) is 33.3 Å². The summed E-state index contributed by atoms with van der Waals surface area (Å²) in [6, 6.07) is 3.59. The molecule has 1 aromatic rings. The van der Waals surface area contributed by atoms with Gasteiger partial charge in [-0.15, -0.1) is 0 Å². The fraction of sp³-hybridized carbons (Fsp3) is 0.538. The van der Waals surface area contributed by atoms with Crippen LogP contribution in [0.5, 0.6) is 11.5 Å². The molecule has 0 radical (unpaired) electrons. The van der Waals surface area contributed by atoms with E-state index in [0.717, 1.165) is 5.56 Å². The van der Waals surface area contributed by atoms with Gasteiger partial charge in [0.25, 0.3) is 0 Å². The van der Waals surface area contributed by atoms with E-state index in [2.05, 4.69) is 0 Å². The Bertz CT molecular complexity index is 397. The van der Waals surface area contributed by atoms with Gasteiger partial charge in [-0.3, -0.25) is 0 Å². The van der Waals surface area contributed by atoms with Gasteiger partial charge in [-0.05, 0) is 39.3 Å². The van der Waals surface area contributed by atoms with Gasteiger partial charge in [0.2, 0.25) is 0 Å². The summed E-state index contributed by atoms with van der Waals surface area (Å²) in [6.07, 6.45) is 0.0664. The van der Waals surface area contributed by atoms with Gasteiger partial charge in [-0.25, -0.2) is 0 Å². The van der Waals surface area contributed by atoms with Crippen LogP contribution in [0.15, 0.2) is 12.1 Å². The highest BCUT2D eigenvalue weighted by Gasteiger charge is 2.21. The standard InChI is InChI=1S/C13H20ClNO2/c1-8(2)17-12-7-10(14)9(13(3,4)15)6-11(12)16-5/h6-8H,15H2,1-5H3. The second kappa shape index (κ2) is 5.15. The minimum atomic E-state index is -0.513. The largest absolute Gasteiger partial charge is 0.493 e. The average molecular weight is 258 g/mol. The van der Waals surface area contributed by atoms with Crippen LogP contribution in [0.25, 0.3) is 0 Å². The van der Waals surface area contributed by atoms with E-state index < -0.39 is 5.54 Å². The van der Waals surface area contributed by atoms with Crippen LogP contribution in [0.3, 0.4) is 0 Å². The zero-order chi connectivity index (χ0) is 13.2. The number of rotatable bonds is 4. The number of benzene rings is 1. The number of halogens is 1. The van der Waals surface area contributed by atoms with Gasteiger partial charge in [-0.2, -0.15) is 0 Å². The van der Waals surface area contributed by atoms with Crippen molar-refractivity contribution >= 4 is 11.6 Å². The first-order chi connectivity index (χ1) is 7.75. The molecule has 0 aliphatic heterocycles. The van der Waals surface area contributed by atoms with E-state index in [1.54, 1.807) is 13.2 Å². The molecule has 1 rings (SSSR count). The highest BCUT2D eigenvalue weighted by atomic mass is 35.5.